The van der Waals surface area contributed by atoms with Crippen molar-refractivity contribution in [3.8, 4) is 0 Å². The number of likely N-dealkylation sites (tertiary alicyclic amines) is 1. The van der Waals surface area contributed by atoms with E-state index >= 15 is 0 Å². The second kappa shape index (κ2) is 13.3. The summed E-state index contributed by atoms with van der Waals surface area (Å²) in [5.74, 6) is -2.99. The summed E-state index contributed by atoms with van der Waals surface area (Å²) in [6.45, 7) is 5.75. The zero-order valence-corrected chi connectivity index (χ0v) is 19.3. The highest BCUT2D eigenvalue weighted by Crippen LogP contribution is 2.19. The first-order valence-electron chi connectivity index (χ1n) is 11.3. The molecule has 6 atom stereocenters. The van der Waals surface area contributed by atoms with Gasteiger partial charge < -0.3 is 37.2 Å². The van der Waals surface area contributed by atoms with E-state index in [4.69, 9.17) is 11.5 Å². The average Bonchev–Trinajstić information content (AvgIpc) is 3.25. The van der Waals surface area contributed by atoms with Gasteiger partial charge in [0.2, 0.25) is 17.7 Å². The molecular formula is C21H39N5O6. The number of amides is 3. The number of nitrogens with one attached hydrogen (secondary N) is 2. The third-order valence-electron chi connectivity index (χ3n) is 6.01. The monoisotopic (exact) mass is 457 g/mol. The topological polar surface area (TPSA) is 188 Å². The molecule has 0 radical (unpaired) electrons. The van der Waals surface area contributed by atoms with Crippen molar-refractivity contribution in [3.63, 3.8) is 0 Å². The summed E-state index contributed by atoms with van der Waals surface area (Å²) in [5.41, 5.74) is 11.5. The van der Waals surface area contributed by atoms with Crippen LogP contribution in [0.3, 0.4) is 0 Å². The predicted octanol–water partition coefficient (Wildman–Crippen LogP) is -1.09. The summed E-state index contributed by atoms with van der Waals surface area (Å²) < 4.78 is 0. The fourth-order valence-electron chi connectivity index (χ4n) is 3.65. The molecule has 0 aromatic heterocycles. The van der Waals surface area contributed by atoms with Gasteiger partial charge in [-0.15, -0.1) is 0 Å². The van der Waals surface area contributed by atoms with Crippen LogP contribution in [-0.2, 0) is 19.2 Å². The summed E-state index contributed by atoms with van der Waals surface area (Å²) in [6, 6.07) is -4.08. The Balaban J connectivity index is 2.96. The molecule has 1 saturated heterocycles. The Labute approximate surface area is 189 Å². The molecule has 184 valence electrons. The van der Waals surface area contributed by atoms with Gasteiger partial charge in [-0.05, 0) is 51.5 Å². The number of nitrogens with two attached hydrogens (primary N) is 2. The number of hydrogen-bond donors (Lipinski definition) is 6. The minimum Gasteiger partial charge on any atom is -0.480 e. The van der Waals surface area contributed by atoms with Crippen LogP contribution in [-0.4, -0.2) is 82.2 Å². The fourth-order valence-corrected chi connectivity index (χ4v) is 3.65. The molecule has 1 rings (SSSR count). The van der Waals surface area contributed by atoms with Crippen LogP contribution in [0, 0.1) is 5.92 Å². The van der Waals surface area contributed by atoms with E-state index in [0.717, 1.165) is 0 Å². The summed E-state index contributed by atoms with van der Waals surface area (Å²) in [7, 11) is 0. The Morgan fingerprint density at radius 3 is 2.31 bits per heavy atom. The molecule has 11 nitrogen and oxygen atoms in total. The quantitative estimate of drug-likeness (QED) is 0.188. The zero-order valence-electron chi connectivity index (χ0n) is 19.3. The molecule has 1 heterocycles. The standard InChI is InChI=1S/C21H39N5O6/c1-4-12(2)16(23)19(29)24-14(8-5-6-10-22)18(28)25-17(13(3)27)20(30)26-11-7-9-15(26)21(31)32/h12-17,27H,4-11,22-23H2,1-3H3,(H,24,29)(H,25,28)(H,31,32). The van der Waals surface area contributed by atoms with Crippen molar-refractivity contribution >= 4 is 23.7 Å². The molecule has 0 bridgehead atoms. The van der Waals surface area contributed by atoms with Crippen molar-refractivity contribution in [1.29, 1.82) is 0 Å². The van der Waals surface area contributed by atoms with E-state index in [9.17, 15) is 29.4 Å². The molecule has 1 aliphatic heterocycles. The fraction of sp³-hybridized carbons (Fsp3) is 0.810. The van der Waals surface area contributed by atoms with Gasteiger partial charge in [0.25, 0.3) is 0 Å². The Morgan fingerprint density at radius 2 is 1.78 bits per heavy atom. The van der Waals surface area contributed by atoms with E-state index in [1.165, 1.54) is 11.8 Å². The van der Waals surface area contributed by atoms with Crippen LogP contribution in [0.5, 0.6) is 0 Å². The SMILES string of the molecule is CCC(C)C(N)C(=O)NC(CCCCN)C(=O)NC(C(=O)N1CCCC1C(=O)O)C(C)O. The lowest BCUT2D eigenvalue weighted by Crippen LogP contribution is -2.60. The van der Waals surface area contributed by atoms with Crippen LogP contribution in [0.15, 0.2) is 0 Å². The molecule has 0 spiro atoms. The number of aliphatic hydroxyl groups is 1. The molecule has 1 aliphatic rings. The number of unbranched alkanes of at least 4 members (excludes halogenated alkanes) is 1. The van der Waals surface area contributed by atoms with Crippen LogP contribution in [0.4, 0.5) is 0 Å². The number of aliphatic carboxylic acids is 1. The van der Waals surface area contributed by atoms with Gasteiger partial charge in [0.05, 0.1) is 12.1 Å². The maximum atomic E-state index is 13.0. The number of hydrogen-bond acceptors (Lipinski definition) is 7. The first-order chi connectivity index (χ1) is 15.0. The summed E-state index contributed by atoms with van der Waals surface area (Å²) >= 11 is 0. The minimum atomic E-state index is -1.33. The Morgan fingerprint density at radius 1 is 1.12 bits per heavy atom. The summed E-state index contributed by atoms with van der Waals surface area (Å²) in [4.78, 5) is 51.1. The first-order valence-corrected chi connectivity index (χ1v) is 11.3. The van der Waals surface area contributed by atoms with Crippen molar-refractivity contribution in [2.24, 2.45) is 17.4 Å². The lowest BCUT2D eigenvalue weighted by atomic mass is 9.98. The highest BCUT2D eigenvalue weighted by atomic mass is 16.4. The molecule has 11 heteroatoms. The Bertz CT molecular complexity index is 659. The minimum absolute atomic E-state index is 0.0855. The van der Waals surface area contributed by atoms with Gasteiger partial charge in [-0.25, -0.2) is 4.79 Å². The lowest BCUT2D eigenvalue weighted by Gasteiger charge is -2.30. The normalized spacial score (nSPS) is 20.7. The van der Waals surface area contributed by atoms with Gasteiger partial charge in [0.15, 0.2) is 0 Å². The smallest absolute Gasteiger partial charge is 0.326 e. The molecule has 8 N–H and O–H groups in total. The molecule has 3 amide bonds. The highest BCUT2D eigenvalue weighted by Gasteiger charge is 2.40. The van der Waals surface area contributed by atoms with Crippen molar-refractivity contribution in [3.05, 3.63) is 0 Å². The van der Waals surface area contributed by atoms with Crippen LogP contribution in [0.2, 0.25) is 0 Å². The van der Waals surface area contributed by atoms with Crippen LogP contribution >= 0.6 is 0 Å². The number of rotatable bonds is 13. The third kappa shape index (κ3) is 7.72. The largest absolute Gasteiger partial charge is 0.480 e. The van der Waals surface area contributed by atoms with Crippen molar-refractivity contribution < 1.29 is 29.4 Å². The number of aliphatic hydroxyl groups excluding tert-OH is 1. The van der Waals surface area contributed by atoms with E-state index in [1.54, 1.807) is 0 Å². The van der Waals surface area contributed by atoms with E-state index in [1.807, 2.05) is 13.8 Å². The first kappa shape index (κ1) is 27.8. The molecular weight excluding hydrogens is 418 g/mol. The zero-order chi connectivity index (χ0) is 24.4. The van der Waals surface area contributed by atoms with Gasteiger partial charge in [0.1, 0.15) is 18.1 Å². The van der Waals surface area contributed by atoms with Crippen molar-refractivity contribution in [1.82, 2.24) is 15.5 Å². The van der Waals surface area contributed by atoms with E-state index in [2.05, 4.69) is 10.6 Å². The molecule has 32 heavy (non-hydrogen) atoms. The molecule has 0 aliphatic carbocycles. The van der Waals surface area contributed by atoms with Gasteiger partial charge in [0, 0.05) is 6.54 Å². The van der Waals surface area contributed by atoms with Crippen molar-refractivity contribution in [2.75, 3.05) is 13.1 Å². The van der Waals surface area contributed by atoms with Gasteiger partial charge >= 0.3 is 5.97 Å². The second-order valence-corrected chi connectivity index (χ2v) is 8.51. The van der Waals surface area contributed by atoms with Gasteiger partial charge in [-0.3, -0.25) is 14.4 Å². The second-order valence-electron chi connectivity index (χ2n) is 8.51. The number of carbonyl (C=O) groups is 4. The van der Waals surface area contributed by atoms with Crippen LogP contribution in [0.1, 0.15) is 59.3 Å². The Kier molecular flexibility index (Phi) is 11.6. The number of carbonyl (C=O) groups excluding carboxylic acids is 3. The molecule has 0 aromatic rings. The average molecular weight is 458 g/mol. The summed E-state index contributed by atoms with van der Waals surface area (Å²) in [5, 5.41) is 24.7. The van der Waals surface area contributed by atoms with Gasteiger partial charge in [-0.2, -0.15) is 0 Å². The van der Waals surface area contributed by atoms with Gasteiger partial charge in [-0.1, -0.05) is 20.3 Å². The van der Waals surface area contributed by atoms with Crippen LogP contribution in [0.25, 0.3) is 0 Å². The molecule has 6 unspecified atom stereocenters. The number of carboxylic acid groups (broad SMARTS) is 1. The molecule has 0 aromatic carbocycles. The highest BCUT2D eigenvalue weighted by molar-refractivity contribution is 5.94. The summed E-state index contributed by atoms with van der Waals surface area (Å²) in [6.07, 6.45) is 1.76. The molecule has 1 fully saturated rings. The van der Waals surface area contributed by atoms with Crippen LogP contribution < -0.4 is 22.1 Å². The lowest BCUT2D eigenvalue weighted by molar-refractivity contribution is -0.150. The van der Waals surface area contributed by atoms with E-state index in [-0.39, 0.29) is 18.9 Å². The molecule has 0 saturated carbocycles. The van der Waals surface area contributed by atoms with Crippen molar-refractivity contribution in [2.45, 2.75) is 89.6 Å². The predicted molar refractivity (Wildman–Crippen MR) is 118 cm³/mol. The maximum Gasteiger partial charge on any atom is 0.326 e. The number of carboxylic acids is 1. The maximum absolute atomic E-state index is 13.0. The Hall–Kier alpha value is -2.24. The van der Waals surface area contributed by atoms with E-state index < -0.39 is 54.0 Å². The van der Waals surface area contributed by atoms with E-state index in [0.29, 0.717) is 38.6 Å². The third-order valence-corrected chi connectivity index (χ3v) is 6.01. The number of nitrogens with zero attached hydrogens (tertiary/aromatic N) is 1.